The van der Waals surface area contributed by atoms with Gasteiger partial charge in [-0.3, -0.25) is 9.69 Å². The first-order valence-corrected chi connectivity index (χ1v) is 16.7. The van der Waals surface area contributed by atoms with Crippen LogP contribution < -0.4 is 14.5 Å². The zero-order valence-corrected chi connectivity index (χ0v) is 26.7. The fourth-order valence-electron chi connectivity index (χ4n) is 7.81. The SMILES string of the molecule is C=CC(=O)N1CCN(c2nc(OCCCN3C[C@H]4C[C@@H]3CO4)nc3c2CCCN(c2cccc4cccc(C)c24)C3)CC1CC#N. The van der Waals surface area contributed by atoms with Crippen LogP contribution in [-0.4, -0.2) is 96.3 Å². The molecule has 7 rings (SSSR count). The highest BCUT2D eigenvalue weighted by Crippen LogP contribution is 2.35. The van der Waals surface area contributed by atoms with Gasteiger partial charge in [-0.05, 0) is 55.7 Å². The van der Waals surface area contributed by atoms with Crippen molar-refractivity contribution in [3.05, 3.63) is 65.9 Å². The number of carbonyl (C=O) groups excluding carboxylic acids is 1. The maximum absolute atomic E-state index is 12.6. The van der Waals surface area contributed by atoms with Gasteiger partial charge in [-0.25, -0.2) is 0 Å². The lowest BCUT2D eigenvalue weighted by molar-refractivity contribution is -0.128. The lowest BCUT2D eigenvalue weighted by Gasteiger charge is -2.41. The number of benzene rings is 2. The number of anilines is 2. The zero-order valence-electron chi connectivity index (χ0n) is 26.7. The van der Waals surface area contributed by atoms with E-state index < -0.39 is 0 Å². The van der Waals surface area contributed by atoms with Crippen molar-refractivity contribution in [3.63, 3.8) is 0 Å². The molecule has 3 atom stereocenters. The van der Waals surface area contributed by atoms with Crippen LogP contribution >= 0.6 is 0 Å². The minimum Gasteiger partial charge on any atom is -0.463 e. The lowest BCUT2D eigenvalue weighted by atomic mass is 10.0. The van der Waals surface area contributed by atoms with Crippen LogP contribution in [-0.2, 0) is 22.5 Å². The van der Waals surface area contributed by atoms with Crippen molar-refractivity contribution in [2.45, 2.75) is 63.8 Å². The number of hydrogen-bond acceptors (Lipinski definition) is 9. The largest absolute Gasteiger partial charge is 0.463 e. The molecule has 0 N–H and O–H groups in total. The van der Waals surface area contributed by atoms with Crippen molar-refractivity contribution in [3.8, 4) is 12.1 Å². The average molecular weight is 622 g/mol. The summed E-state index contributed by atoms with van der Waals surface area (Å²) in [5.41, 5.74) is 4.61. The number of nitriles is 1. The highest BCUT2D eigenvalue weighted by molar-refractivity contribution is 5.97. The van der Waals surface area contributed by atoms with E-state index in [-0.39, 0.29) is 18.4 Å². The van der Waals surface area contributed by atoms with Gasteiger partial charge in [0.15, 0.2) is 0 Å². The van der Waals surface area contributed by atoms with E-state index in [1.807, 2.05) is 0 Å². The van der Waals surface area contributed by atoms with E-state index in [4.69, 9.17) is 19.4 Å². The first-order valence-electron chi connectivity index (χ1n) is 16.7. The quantitative estimate of drug-likeness (QED) is 0.257. The molecular formula is C36H43N7O3. The third-order valence-electron chi connectivity index (χ3n) is 10.1. The van der Waals surface area contributed by atoms with Crippen molar-refractivity contribution >= 4 is 28.2 Å². The molecule has 0 spiro atoms. The molecule has 46 heavy (non-hydrogen) atoms. The van der Waals surface area contributed by atoms with E-state index in [9.17, 15) is 10.1 Å². The molecule has 1 aromatic heterocycles. The van der Waals surface area contributed by atoms with E-state index in [0.29, 0.717) is 50.9 Å². The van der Waals surface area contributed by atoms with Gasteiger partial charge in [0.05, 0.1) is 50.1 Å². The molecule has 10 nitrogen and oxygen atoms in total. The van der Waals surface area contributed by atoms with Crippen molar-refractivity contribution in [2.24, 2.45) is 0 Å². The molecule has 1 unspecified atom stereocenters. The summed E-state index contributed by atoms with van der Waals surface area (Å²) in [5.74, 6) is 0.739. The molecule has 0 aliphatic carbocycles. The summed E-state index contributed by atoms with van der Waals surface area (Å²) in [6, 6.07) is 16.0. The van der Waals surface area contributed by atoms with Crippen LogP contribution in [0.15, 0.2) is 49.1 Å². The Labute approximate surface area is 271 Å². The fraction of sp³-hybridized carbons (Fsp3) is 0.500. The number of rotatable bonds is 9. The maximum Gasteiger partial charge on any atom is 0.318 e. The number of aryl methyl sites for hydroxylation is 1. The Balaban J connectivity index is 1.17. The van der Waals surface area contributed by atoms with Crippen molar-refractivity contribution in [1.82, 2.24) is 19.8 Å². The molecule has 3 saturated heterocycles. The molecule has 0 radical (unpaired) electrons. The molecule has 2 bridgehead atoms. The highest BCUT2D eigenvalue weighted by atomic mass is 16.5. The third kappa shape index (κ3) is 6.02. The van der Waals surface area contributed by atoms with Gasteiger partial charge in [-0.2, -0.15) is 15.2 Å². The average Bonchev–Trinajstić information content (AvgIpc) is 3.63. The molecule has 1 amide bonds. The second kappa shape index (κ2) is 13.3. The van der Waals surface area contributed by atoms with Gasteiger partial charge in [-0.1, -0.05) is 36.9 Å². The van der Waals surface area contributed by atoms with Gasteiger partial charge in [0.25, 0.3) is 0 Å². The summed E-state index contributed by atoms with van der Waals surface area (Å²) >= 11 is 0. The summed E-state index contributed by atoms with van der Waals surface area (Å²) in [4.78, 5) is 31.7. The van der Waals surface area contributed by atoms with Crippen LogP contribution in [0.5, 0.6) is 6.01 Å². The molecule has 240 valence electrons. The third-order valence-corrected chi connectivity index (χ3v) is 10.1. The summed E-state index contributed by atoms with van der Waals surface area (Å²) in [5, 5.41) is 12.1. The highest BCUT2D eigenvalue weighted by Gasteiger charge is 2.38. The van der Waals surface area contributed by atoms with Crippen molar-refractivity contribution < 1.29 is 14.3 Å². The van der Waals surface area contributed by atoms with Gasteiger partial charge in [0, 0.05) is 61.9 Å². The van der Waals surface area contributed by atoms with Crippen LogP contribution in [0, 0.1) is 18.3 Å². The Hall–Kier alpha value is -4.20. The Morgan fingerprint density at radius 2 is 2.02 bits per heavy atom. The Morgan fingerprint density at radius 1 is 1.15 bits per heavy atom. The molecule has 10 heteroatoms. The number of morpholine rings is 1. The van der Waals surface area contributed by atoms with Crippen LogP contribution in [0.4, 0.5) is 11.5 Å². The van der Waals surface area contributed by atoms with Gasteiger partial charge in [0.2, 0.25) is 5.91 Å². The summed E-state index contributed by atoms with van der Waals surface area (Å²) in [6.45, 7) is 12.4. The summed E-state index contributed by atoms with van der Waals surface area (Å²) in [6.07, 6.45) is 5.83. The van der Waals surface area contributed by atoms with E-state index in [1.165, 1.54) is 28.1 Å². The Morgan fingerprint density at radius 3 is 2.80 bits per heavy atom. The minimum atomic E-state index is -0.236. The molecular weight excluding hydrogens is 578 g/mol. The van der Waals surface area contributed by atoms with Gasteiger partial charge in [-0.15, -0.1) is 0 Å². The number of hydrogen-bond donors (Lipinski definition) is 0. The Bertz CT molecular complexity index is 1650. The van der Waals surface area contributed by atoms with Crippen molar-refractivity contribution in [2.75, 3.05) is 62.3 Å². The first kappa shape index (κ1) is 30.5. The van der Waals surface area contributed by atoms with E-state index >= 15 is 0 Å². The van der Waals surface area contributed by atoms with Gasteiger partial charge >= 0.3 is 6.01 Å². The molecule has 3 aromatic rings. The number of aromatic nitrogens is 2. The lowest BCUT2D eigenvalue weighted by Crippen LogP contribution is -2.55. The molecule has 2 aromatic carbocycles. The zero-order chi connectivity index (χ0) is 31.6. The number of amides is 1. The topological polar surface area (TPSA) is 98.1 Å². The van der Waals surface area contributed by atoms with Crippen LogP contribution in [0.2, 0.25) is 0 Å². The first-order chi connectivity index (χ1) is 22.5. The smallest absolute Gasteiger partial charge is 0.318 e. The maximum atomic E-state index is 12.6. The molecule has 0 saturated carbocycles. The second-order valence-corrected chi connectivity index (χ2v) is 13.0. The number of fused-ring (bicyclic) bond motifs is 4. The summed E-state index contributed by atoms with van der Waals surface area (Å²) in [7, 11) is 0. The molecule has 4 aliphatic rings. The van der Waals surface area contributed by atoms with Crippen LogP contribution in [0.25, 0.3) is 10.8 Å². The molecule has 3 fully saturated rings. The predicted octanol–water partition coefficient (Wildman–Crippen LogP) is 4.25. The number of carbonyl (C=O) groups is 1. The van der Waals surface area contributed by atoms with E-state index in [0.717, 1.165) is 69.0 Å². The van der Waals surface area contributed by atoms with Crippen molar-refractivity contribution in [1.29, 1.82) is 5.26 Å². The van der Waals surface area contributed by atoms with Gasteiger partial charge < -0.3 is 24.2 Å². The van der Waals surface area contributed by atoms with Crippen LogP contribution in [0.3, 0.4) is 0 Å². The number of ether oxygens (including phenoxy) is 2. The normalized spacial score (nSPS) is 22.9. The number of nitrogens with zero attached hydrogens (tertiary/aromatic N) is 7. The number of likely N-dealkylation sites (tertiary alicyclic amines) is 1. The summed E-state index contributed by atoms with van der Waals surface area (Å²) < 4.78 is 12.1. The predicted molar refractivity (Wildman–Crippen MR) is 178 cm³/mol. The van der Waals surface area contributed by atoms with E-state index in [1.54, 1.807) is 4.90 Å². The Kier molecular flexibility index (Phi) is 8.78. The van der Waals surface area contributed by atoms with Crippen LogP contribution in [0.1, 0.15) is 42.5 Å². The van der Waals surface area contributed by atoms with Gasteiger partial charge in [0.1, 0.15) is 5.82 Å². The standard InChI is InChI=1S/C36H43N7O3/c1-3-33(44)43-18-17-42(21-27(43)13-14-37)35-30-11-6-15-41(32-12-5-10-26-9-4-8-25(2)34(26)32)23-31(30)38-36(39-35)45-19-7-16-40-22-29-20-28(40)24-46-29/h3-5,8-10,12,27-29H,1,6-7,11,13,15-24H2,2H3/t27?,28-,29-/m1/s1. The van der Waals surface area contributed by atoms with E-state index in [2.05, 4.69) is 70.7 Å². The minimum absolute atomic E-state index is 0.135. The fourth-order valence-corrected chi connectivity index (χ4v) is 7.81. The monoisotopic (exact) mass is 621 g/mol. The molecule has 5 heterocycles. The number of piperazine rings is 1. The second-order valence-electron chi connectivity index (χ2n) is 13.0. The molecule has 4 aliphatic heterocycles.